The van der Waals surface area contributed by atoms with Crippen molar-refractivity contribution < 1.29 is 9.59 Å². The molecule has 0 saturated carbocycles. The Balaban J connectivity index is 2.02. The molecule has 2 aromatic carbocycles. The van der Waals surface area contributed by atoms with E-state index in [0.717, 1.165) is 10.0 Å². The van der Waals surface area contributed by atoms with Gasteiger partial charge in [0.15, 0.2) is 11.7 Å². The van der Waals surface area contributed by atoms with Crippen LogP contribution in [0.1, 0.15) is 13.8 Å². The third-order valence-corrected chi connectivity index (χ3v) is 3.71. The minimum atomic E-state index is -0.763. The smallest absolute Gasteiger partial charge is 0.350 e. The molecule has 0 fully saturated rings. The van der Waals surface area contributed by atoms with Gasteiger partial charge >= 0.3 is 12.1 Å². The number of rotatable bonds is 2. The minimum Gasteiger partial charge on any atom is -0.350 e. The fraction of sp³-hybridized carbons (Fsp3) is 0.111. The number of nitrogens with two attached hydrogens (primary N) is 1. The number of hydrogen-bond donors (Lipinski definition) is 1. The number of carbonyl (C=O) groups excluding carboxylic acids is 2. The molecule has 0 spiro atoms. The van der Waals surface area contributed by atoms with Crippen molar-refractivity contribution >= 4 is 35.1 Å². The van der Waals surface area contributed by atoms with Crippen LogP contribution in [0.3, 0.4) is 0 Å². The van der Waals surface area contributed by atoms with Crippen LogP contribution in [0.5, 0.6) is 0 Å². The second kappa shape index (κ2) is 7.06. The van der Waals surface area contributed by atoms with E-state index in [1.807, 2.05) is 60.7 Å². The summed E-state index contributed by atoms with van der Waals surface area (Å²) in [6.07, 6.45) is 0. The van der Waals surface area contributed by atoms with Crippen molar-refractivity contribution in [3.63, 3.8) is 0 Å². The molecule has 0 aromatic heterocycles. The third kappa shape index (κ3) is 3.25. The van der Waals surface area contributed by atoms with E-state index in [4.69, 9.17) is 5.73 Å². The van der Waals surface area contributed by atoms with E-state index >= 15 is 0 Å². The first-order chi connectivity index (χ1) is 12.5. The van der Waals surface area contributed by atoms with Crippen LogP contribution in [0.2, 0.25) is 0 Å². The van der Waals surface area contributed by atoms with E-state index in [2.05, 4.69) is 10.2 Å². The molecular formula is C18H18N6O2. The number of anilines is 2. The molecule has 0 bridgehead atoms. The van der Waals surface area contributed by atoms with E-state index in [1.54, 1.807) is 13.8 Å². The third-order valence-electron chi connectivity index (χ3n) is 3.71. The van der Waals surface area contributed by atoms with Crippen LogP contribution in [0, 0.1) is 0 Å². The summed E-state index contributed by atoms with van der Waals surface area (Å²) in [5.74, 6) is 0.439. The lowest BCUT2D eigenvalue weighted by Gasteiger charge is -2.31. The number of carbonyl (C=O) groups is 2. The van der Waals surface area contributed by atoms with Crippen LogP contribution in [0.15, 0.2) is 70.9 Å². The monoisotopic (exact) mass is 350 g/mol. The van der Waals surface area contributed by atoms with E-state index in [9.17, 15) is 9.59 Å². The van der Waals surface area contributed by atoms with Gasteiger partial charge < -0.3 is 5.73 Å². The van der Waals surface area contributed by atoms with Crippen LogP contribution >= 0.6 is 0 Å². The zero-order valence-electron chi connectivity index (χ0n) is 14.4. The van der Waals surface area contributed by atoms with Gasteiger partial charge in [0.1, 0.15) is 0 Å². The Labute approximate surface area is 150 Å². The molecule has 1 aliphatic heterocycles. The van der Waals surface area contributed by atoms with Crippen LogP contribution < -0.4 is 10.6 Å². The van der Waals surface area contributed by atoms with Crippen molar-refractivity contribution in [1.29, 1.82) is 0 Å². The fourth-order valence-corrected chi connectivity index (χ4v) is 2.53. The van der Waals surface area contributed by atoms with E-state index in [1.165, 1.54) is 4.90 Å². The predicted octanol–water partition coefficient (Wildman–Crippen LogP) is 3.31. The molecule has 1 heterocycles. The summed E-state index contributed by atoms with van der Waals surface area (Å²) >= 11 is 0. The predicted molar refractivity (Wildman–Crippen MR) is 99.9 cm³/mol. The lowest BCUT2D eigenvalue weighted by atomic mass is 10.2. The summed E-state index contributed by atoms with van der Waals surface area (Å²) in [5, 5.41) is 10.3. The zero-order valence-corrected chi connectivity index (χ0v) is 14.4. The summed E-state index contributed by atoms with van der Waals surface area (Å²) in [6.45, 7) is 3.13. The highest BCUT2D eigenvalue weighted by atomic mass is 16.2. The Kier molecular flexibility index (Phi) is 4.66. The maximum absolute atomic E-state index is 13.3. The normalized spacial score (nSPS) is 13.8. The van der Waals surface area contributed by atoms with Gasteiger partial charge in [-0.2, -0.15) is 10.0 Å². The Morgan fingerprint density at radius 3 is 1.69 bits per heavy atom. The van der Waals surface area contributed by atoms with Crippen LogP contribution in [0.25, 0.3) is 0 Å². The Bertz CT molecular complexity index is 840. The number of urea groups is 2. The average molecular weight is 350 g/mol. The van der Waals surface area contributed by atoms with Crippen molar-refractivity contribution in [2.75, 3.05) is 4.90 Å². The first-order valence-electron chi connectivity index (χ1n) is 7.93. The number of nitrogens with zero attached hydrogens (tertiary/aromatic N) is 5. The number of hydrazone groups is 2. The summed E-state index contributed by atoms with van der Waals surface area (Å²) in [5.41, 5.74) is 6.63. The molecule has 0 atom stereocenters. The first kappa shape index (κ1) is 17.2. The second-order valence-electron chi connectivity index (χ2n) is 5.55. The van der Waals surface area contributed by atoms with E-state index < -0.39 is 12.1 Å². The Hall–Kier alpha value is -3.68. The molecule has 4 amide bonds. The molecule has 0 unspecified atom stereocenters. The SMILES string of the molecule is CC1=NN(C(=O)N(c2ccccc2)c2ccccc2)C(C)=NN1C(N)=O. The van der Waals surface area contributed by atoms with E-state index in [-0.39, 0.29) is 11.7 Å². The average Bonchev–Trinajstić information content (AvgIpc) is 2.65. The molecule has 0 radical (unpaired) electrons. The first-order valence-corrected chi connectivity index (χ1v) is 7.93. The number of para-hydroxylation sites is 2. The van der Waals surface area contributed by atoms with E-state index in [0.29, 0.717) is 11.4 Å². The highest BCUT2D eigenvalue weighted by molar-refractivity contribution is 6.10. The van der Waals surface area contributed by atoms with Crippen molar-refractivity contribution in [2.45, 2.75) is 13.8 Å². The quantitative estimate of drug-likeness (QED) is 0.899. The minimum absolute atomic E-state index is 0.206. The molecule has 0 aliphatic carbocycles. The standard InChI is InChI=1S/C18H18N6O2/c1-13-21-24(14(2)20-23(13)17(19)25)18(26)22(15-9-5-3-6-10-15)16-11-7-4-8-12-16/h3-12H,1-2H3,(H2,19,25). The molecular weight excluding hydrogens is 332 g/mol. The molecule has 132 valence electrons. The zero-order chi connectivity index (χ0) is 18.7. The second-order valence-corrected chi connectivity index (χ2v) is 5.55. The van der Waals surface area contributed by atoms with Crippen molar-refractivity contribution in [3.8, 4) is 0 Å². The Morgan fingerprint density at radius 2 is 1.23 bits per heavy atom. The fourth-order valence-electron chi connectivity index (χ4n) is 2.53. The summed E-state index contributed by atoms with van der Waals surface area (Å²) < 4.78 is 0. The highest BCUT2D eigenvalue weighted by Crippen LogP contribution is 2.27. The highest BCUT2D eigenvalue weighted by Gasteiger charge is 2.30. The van der Waals surface area contributed by atoms with Gasteiger partial charge in [-0.3, -0.25) is 4.90 Å². The van der Waals surface area contributed by atoms with Gasteiger partial charge in [-0.15, -0.1) is 10.2 Å². The van der Waals surface area contributed by atoms with Crippen molar-refractivity contribution in [1.82, 2.24) is 10.0 Å². The molecule has 1 aliphatic rings. The summed E-state index contributed by atoms with van der Waals surface area (Å²) in [6, 6.07) is 17.3. The van der Waals surface area contributed by atoms with Crippen LogP contribution in [0.4, 0.5) is 21.0 Å². The number of amidine groups is 2. The molecule has 3 rings (SSSR count). The maximum atomic E-state index is 13.3. The topological polar surface area (TPSA) is 94.6 Å². The lowest BCUT2D eigenvalue weighted by molar-refractivity contribution is 0.219. The molecule has 2 aromatic rings. The number of benzene rings is 2. The van der Waals surface area contributed by atoms with Gasteiger partial charge in [-0.1, -0.05) is 36.4 Å². The van der Waals surface area contributed by atoms with Gasteiger partial charge in [0.25, 0.3) is 0 Å². The van der Waals surface area contributed by atoms with Gasteiger partial charge in [-0.05, 0) is 38.1 Å². The Morgan fingerprint density at radius 1 is 0.808 bits per heavy atom. The number of hydrogen-bond acceptors (Lipinski definition) is 4. The molecule has 8 heteroatoms. The molecule has 0 saturated heterocycles. The lowest BCUT2D eigenvalue weighted by Crippen LogP contribution is -2.48. The number of primary amides is 1. The van der Waals surface area contributed by atoms with Gasteiger partial charge in [0, 0.05) is 0 Å². The van der Waals surface area contributed by atoms with Gasteiger partial charge in [0.2, 0.25) is 0 Å². The van der Waals surface area contributed by atoms with Crippen LogP contribution in [-0.4, -0.2) is 33.8 Å². The maximum Gasteiger partial charge on any atom is 0.355 e. The molecule has 8 nitrogen and oxygen atoms in total. The summed E-state index contributed by atoms with van der Waals surface area (Å²) in [4.78, 5) is 26.2. The van der Waals surface area contributed by atoms with Crippen LogP contribution in [-0.2, 0) is 0 Å². The van der Waals surface area contributed by atoms with Crippen molar-refractivity contribution in [3.05, 3.63) is 60.7 Å². The van der Waals surface area contributed by atoms with Crippen molar-refractivity contribution in [2.24, 2.45) is 15.9 Å². The van der Waals surface area contributed by atoms with Gasteiger partial charge in [-0.25, -0.2) is 9.59 Å². The largest absolute Gasteiger partial charge is 0.355 e. The number of amides is 4. The van der Waals surface area contributed by atoms with Gasteiger partial charge in [0.05, 0.1) is 11.4 Å². The molecule has 26 heavy (non-hydrogen) atoms. The molecule has 2 N–H and O–H groups in total. The summed E-state index contributed by atoms with van der Waals surface area (Å²) in [7, 11) is 0.